The SMILES string of the molecule is CCCCCc1cn[nH]c(=O)c1[N+](=O)[O-]. The average Bonchev–Trinajstić information content (AvgIpc) is 2.17. The van der Waals surface area contributed by atoms with Gasteiger partial charge >= 0.3 is 11.2 Å². The normalized spacial score (nSPS) is 10.2. The maximum absolute atomic E-state index is 11.2. The van der Waals surface area contributed by atoms with Gasteiger partial charge in [-0.25, -0.2) is 5.10 Å². The Morgan fingerprint density at radius 1 is 1.53 bits per heavy atom. The van der Waals surface area contributed by atoms with Gasteiger partial charge in [0.15, 0.2) is 0 Å². The van der Waals surface area contributed by atoms with Crippen LogP contribution in [0.15, 0.2) is 11.0 Å². The van der Waals surface area contributed by atoms with Gasteiger partial charge in [0.05, 0.1) is 16.7 Å². The monoisotopic (exact) mass is 211 g/mol. The minimum Gasteiger partial charge on any atom is -0.260 e. The second-order valence-corrected chi connectivity index (χ2v) is 3.29. The smallest absolute Gasteiger partial charge is 0.260 e. The molecule has 0 fully saturated rings. The summed E-state index contributed by atoms with van der Waals surface area (Å²) in [6.07, 6.45) is 4.74. The lowest BCUT2D eigenvalue weighted by Crippen LogP contribution is -2.15. The van der Waals surface area contributed by atoms with Crippen LogP contribution in [0.2, 0.25) is 0 Å². The first-order valence-electron chi connectivity index (χ1n) is 4.87. The standard InChI is InChI=1S/C9H13N3O3/c1-2-3-4-5-7-6-10-11-9(13)8(7)12(14)15/h6H,2-5H2,1H3,(H,11,13). The molecule has 6 nitrogen and oxygen atoms in total. The molecule has 0 unspecified atom stereocenters. The van der Waals surface area contributed by atoms with Crippen LogP contribution in [0.4, 0.5) is 5.69 Å². The third-order valence-electron chi connectivity index (χ3n) is 2.14. The number of nitrogens with one attached hydrogen (secondary N) is 1. The molecular formula is C9H13N3O3. The number of aromatic nitrogens is 2. The van der Waals surface area contributed by atoms with Crippen LogP contribution < -0.4 is 5.56 Å². The third kappa shape index (κ3) is 2.87. The Balaban J connectivity index is 2.91. The second kappa shape index (κ2) is 5.23. The Bertz CT molecular complexity index is 400. The zero-order valence-electron chi connectivity index (χ0n) is 8.52. The molecule has 0 atom stereocenters. The summed E-state index contributed by atoms with van der Waals surface area (Å²) in [6, 6.07) is 0. The van der Waals surface area contributed by atoms with Crippen molar-refractivity contribution in [1.29, 1.82) is 0 Å². The Morgan fingerprint density at radius 2 is 2.27 bits per heavy atom. The van der Waals surface area contributed by atoms with Crippen molar-refractivity contribution in [1.82, 2.24) is 10.2 Å². The van der Waals surface area contributed by atoms with Crippen LogP contribution in [0, 0.1) is 10.1 Å². The molecule has 0 saturated carbocycles. The van der Waals surface area contributed by atoms with Crippen molar-refractivity contribution in [2.75, 3.05) is 0 Å². The molecule has 0 aromatic carbocycles. The molecule has 1 rings (SSSR count). The van der Waals surface area contributed by atoms with E-state index in [9.17, 15) is 14.9 Å². The summed E-state index contributed by atoms with van der Waals surface area (Å²) in [5, 5.41) is 16.3. The van der Waals surface area contributed by atoms with Crippen LogP contribution in [-0.4, -0.2) is 15.1 Å². The van der Waals surface area contributed by atoms with Crippen molar-refractivity contribution >= 4 is 5.69 Å². The fraction of sp³-hybridized carbons (Fsp3) is 0.556. The zero-order valence-corrected chi connectivity index (χ0v) is 8.52. The van der Waals surface area contributed by atoms with Crippen LogP contribution in [0.1, 0.15) is 31.7 Å². The highest BCUT2D eigenvalue weighted by Crippen LogP contribution is 2.14. The third-order valence-corrected chi connectivity index (χ3v) is 2.14. The first kappa shape index (κ1) is 11.4. The van der Waals surface area contributed by atoms with Gasteiger partial charge in [-0.3, -0.25) is 14.9 Å². The van der Waals surface area contributed by atoms with E-state index in [2.05, 4.69) is 10.2 Å². The van der Waals surface area contributed by atoms with Gasteiger partial charge in [0.1, 0.15) is 0 Å². The highest BCUT2D eigenvalue weighted by atomic mass is 16.6. The Morgan fingerprint density at radius 3 is 2.87 bits per heavy atom. The van der Waals surface area contributed by atoms with Gasteiger partial charge in [-0.2, -0.15) is 5.10 Å². The number of hydrogen-bond donors (Lipinski definition) is 1. The van der Waals surface area contributed by atoms with E-state index in [1.165, 1.54) is 6.20 Å². The van der Waals surface area contributed by atoms with Gasteiger partial charge in [0, 0.05) is 0 Å². The Labute approximate surface area is 86.5 Å². The molecule has 0 saturated heterocycles. The highest BCUT2D eigenvalue weighted by Gasteiger charge is 2.18. The number of H-pyrrole nitrogens is 1. The van der Waals surface area contributed by atoms with Gasteiger partial charge in [0.2, 0.25) is 0 Å². The van der Waals surface area contributed by atoms with Crippen molar-refractivity contribution in [3.63, 3.8) is 0 Å². The van der Waals surface area contributed by atoms with E-state index in [0.29, 0.717) is 12.0 Å². The second-order valence-electron chi connectivity index (χ2n) is 3.29. The average molecular weight is 211 g/mol. The molecule has 0 aliphatic rings. The number of unbranched alkanes of at least 4 members (excludes halogenated alkanes) is 2. The molecule has 0 amide bonds. The summed E-state index contributed by atoms with van der Waals surface area (Å²) in [5.41, 5.74) is -0.688. The van der Waals surface area contributed by atoms with E-state index < -0.39 is 10.5 Å². The summed E-state index contributed by atoms with van der Waals surface area (Å²) < 4.78 is 0. The number of nitrogens with zero attached hydrogens (tertiary/aromatic N) is 2. The van der Waals surface area contributed by atoms with E-state index in [1.54, 1.807) is 0 Å². The van der Waals surface area contributed by atoms with Crippen molar-refractivity contribution < 1.29 is 4.92 Å². The molecule has 15 heavy (non-hydrogen) atoms. The van der Waals surface area contributed by atoms with Crippen molar-refractivity contribution in [3.05, 3.63) is 32.2 Å². The van der Waals surface area contributed by atoms with Crippen molar-refractivity contribution in [2.24, 2.45) is 0 Å². The lowest BCUT2D eigenvalue weighted by atomic mass is 10.1. The quantitative estimate of drug-likeness (QED) is 0.453. The molecule has 1 heterocycles. The van der Waals surface area contributed by atoms with Gasteiger partial charge in [-0.1, -0.05) is 19.8 Å². The minimum absolute atomic E-state index is 0.374. The molecule has 0 bridgehead atoms. The lowest BCUT2D eigenvalue weighted by molar-refractivity contribution is -0.387. The molecular weight excluding hydrogens is 198 g/mol. The lowest BCUT2D eigenvalue weighted by Gasteiger charge is -1.99. The van der Waals surface area contributed by atoms with E-state index >= 15 is 0 Å². The molecule has 0 aliphatic carbocycles. The van der Waals surface area contributed by atoms with Crippen LogP contribution in [0.3, 0.4) is 0 Å². The Kier molecular flexibility index (Phi) is 3.96. The van der Waals surface area contributed by atoms with E-state index in [1.807, 2.05) is 6.92 Å². The van der Waals surface area contributed by atoms with Crippen LogP contribution >= 0.6 is 0 Å². The summed E-state index contributed by atoms with van der Waals surface area (Å²) in [5.74, 6) is 0. The molecule has 0 spiro atoms. The number of nitro groups is 1. The van der Waals surface area contributed by atoms with Crippen molar-refractivity contribution in [3.8, 4) is 0 Å². The molecule has 1 aromatic heterocycles. The number of aromatic amines is 1. The van der Waals surface area contributed by atoms with Crippen LogP contribution in [0.25, 0.3) is 0 Å². The molecule has 0 radical (unpaired) electrons. The summed E-state index contributed by atoms with van der Waals surface area (Å²) in [6.45, 7) is 2.05. The molecule has 82 valence electrons. The number of aryl methyl sites for hydroxylation is 1. The maximum Gasteiger partial charge on any atom is 0.342 e. The zero-order chi connectivity index (χ0) is 11.3. The van der Waals surface area contributed by atoms with E-state index in [4.69, 9.17) is 0 Å². The van der Waals surface area contributed by atoms with Gasteiger partial charge in [0.25, 0.3) is 0 Å². The summed E-state index contributed by atoms with van der Waals surface area (Å²) in [4.78, 5) is 21.1. The molecule has 1 aromatic rings. The van der Waals surface area contributed by atoms with Gasteiger partial charge in [-0.15, -0.1) is 0 Å². The largest absolute Gasteiger partial charge is 0.342 e. The van der Waals surface area contributed by atoms with Crippen LogP contribution in [0.5, 0.6) is 0 Å². The van der Waals surface area contributed by atoms with Gasteiger partial charge < -0.3 is 0 Å². The van der Waals surface area contributed by atoms with Gasteiger partial charge in [-0.05, 0) is 12.8 Å². The summed E-state index contributed by atoms with van der Waals surface area (Å²) >= 11 is 0. The molecule has 1 N–H and O–H groups in total. The fourth-order valence-corrected chi connectivity index (χ4v) is 1.38. The number of hydrogen-bond acceptors (Lipinski definition) is 4. The predicted molar refractivity (Wildman–Crippen MR) is 54.7 cm³/mol. The van der Waals surface area contributed by atoms with E-state index in [0.717, 1.165) is 19.3 Å². The van der Waals surface area contributed by atoms with Crippen LogP contribution in [-0.2, 0) is 6.42 Å². The highest BCUT2D eigenvalue weighted by molar-refractivity contribution is 5.34. The van der Waals surface area contributed by atoms with Crippen molar-refractivity contribution in [2.45, 2.75) is 32.6 Å². The topological polar surface area (TPSA) is 88.9 Å². The summed E-state index contributed by atoms with van der Waals surface area (Å²) in [7, 11) is 0. The molecule has 0 aliphatic heterocycles. The first-order valence-corrected chi connectivity index (χ1v) is 4.87. The maximum atomic E-state index is 11.2. The molecule has 6 heteroatoms. The fourth-order valence-electron chi connectivity index (χ4n) is 1.38. The first-order chi connectivity index (χ1) is 7.16. The predicted octanol–water partition coefficient (Wildman–Crippen LogP) is 1.41. The minimum atomic E-state index is -0.728. The van der Waals surface area contributed by atoms with E-state index in [-0.39, 0.29) is 5.69 Å². The Hall–Kier alpha value is -1.72. The number of rotatable bonds is 5.